The van der Waals surface area contributed by atoms with Gasteiger partial charge in [0.2, 0.25) is 5.91 Å². The summed E-state index contributed by atoms with van der Waals surface area (Å²) in [5, 5.41) is 6.92. The SMILES string of the molecule is CC[C@]12CC3CC(C(=O)NC4CCNCC4)(C1)C[C@@](c1ccccc1)(C3)C2. The van der Waals surface area contributed by atoms with Gasteiger partial charge in [0.1, 0.15) is 0 Å². The summed E-state index contributed by atoms with van der Waals surface area (Å²) in [7, 11) is 0. The van der Waals surface area contributed by atoms with Crippen molar-refractivity contribution in [3.63, 3.8) is 0 Å². The van der Waals surface area contributed by atoms with E-state index in [-0.39, 0.29) is 10.8 Å². The van der Waals surface area contributed by atoms with Gasteiger partial charge in [0.15, 0.2) is 0 Å². The lowest BCUT2D eigenvalue weighted by molar-refractivity contribution is -0.164. The number of hydrogen-bond donors (Lipinski definition) is 2. The first-order chi connectivity index (χ1) is 13.1. The van der Waals surface area contributed by atoms with Crippen LogP contribution in [-0.2, 0) is 10.2 Å². The van der Waals surface area contributed by atoms with Crippen molar-refractivity contribution in [3.05, 3.63) is 35.9 Å². The molecule has 27 heavy (non-hydrogen) atoms. The molecule has 3 heteroatoms. The van der Waals surface area contributed by atoms with Crippen LogP contribution in [0.2, 0.25) is 0 Å². The number of amides is 1. The molecule has 1 aromatic carbocycles. The highest BCUT2D eigenvalue weighted by Gasteiger charge is 2.65. The van der Waals surface area contributed by atoms with Crippen molar-refractivity contribution in [2.45, 2.75) is 76.2 Å². The zero-order chi connectivity index (χ0) is 18.5. The third-order valence-electron chi connectivity index (χ3n) is 8.48. The van der Waals surface area contributed by atoms with Crippen molar-refractivity contribution < 1.29 is 4.79 Å². The van der Waals surface area contributed by atoms with Crippen molar-refractivity contribution in [1.29, 1.82) is 0 Å². The monoisotopic (exact) mass is 366 g/mol. The maximum atomic E-state index is 13.7. The number of rotatable bonds is 4. The average molecular weight is 367 g/mol. The quantitative estimate of drug-likeness (QED) is 0.839. The molecule has 0 aromatic heterocycles. The summed E-state index contributed by atoms with van der Waals surface area (Å²) in [5.74, 6) is 1.11. The molecule has 1 aromatic rings. The fraction of sp³-hybridized carbons (Fsp3) is 0.708. The summed E-state index contributed by atoms with van der Waals surface area (Å²) in [5.41, 5.74) is 1.96. The smallest absolute Gasteiger partial charge is 0.226 e. The Labute approximate surface area is 163 Å². The fourth-order valence-corrected chi connectivity index (χ4v) is 7.70. The third-order valence-corrected chi connectivity index (χ3v) is 8.48. The number of nitrogens with one attached hydrogen (secondary N) is 2. The summed E-state index contributed by atoms with van der Waals surface area (Å²) in [6, 6.07) is 11.5. The van der Waals surface area contributed by atoms with E-state index < -0.39 is 0 Å². The Hall–Kier alpha value is -1.35. The van der Waals surface area contributed by atoms with E-state index in [1.807, 2.05) is 0 Å². The van der Waals surface area contributed by atoms with Crippen LogP contribution >= 0.6 is 0 Å². The lowest BCUT2D eigenvalue weighted by Crippen LogP contribution is -2.63. The van der Waals surface area contributed by atoms with E-state index in [0.29, 0.717) is 17.4 Å². The van der Waals surface area contributed by atoms with E-state index in [1.165, 1.54) is 31.2 Å². The third kappa shape index (κ3) is 2.85. The first-order valence-corrected chi connectivity index (χ1v) is 11.1. The molecule has 0 radical (unpaired) electrons. The molecule has 4 saturated carbocycles. The minimum absolute atomic E-state index is 0.129. The summed E-state index contributed by atoms with van der Waals surface area (Å²) in [6.07, 6.45) is 10.6. The molecule has 4 atom stereocenters. The average Bonchev–Trinajstić information content (AvgIpc) is 2.68. The van der Waals surface area contributed by atoms with Gasteiger partial charge in [-0.05, 0) is 86.8 Å². The molecule has 0 spiro atoms. The van der Waals surface area contributed by atoms with Crippen molar-refractivity contribution in [1.82, 2.24) is 10.6 Å². The van der Waals surface area contributed by atoms with E-state index in [9.17, 15) is 4.79 Å². The van der Waals surface area contributed by atoms with Crippen molar-refractivity contribution in [2.24, 2.45) is 16.7 Å². The number of carbonyl (C=O) groups is 1. The standard InChI is InChI=1S/C24H34N2O/c1-2-22-12-18-13-23(15-22,19-6-4-3-5-7-19)17-24(14-18,16-22)21(27)26-20-8-10-25-11-9-20/h3-7,18,20,25H,2,8-17H2,1H3,(H,26,27)/t18?,22-,23-,24?/m1/s1. The van der Waals surface area contributed by atoms with Gasteiger partial charge in [-0.3, -0.25) is 4.79 Å². The van der Waals surface area contributed by atoms with Gasteiger partial charge in [0, 0.05) is 6.04 Å². The number of piperidine rings is 1. The number of carbonyl (C=O) groups excluding carboxylic acids is 1. The molecule has 3 nitrogen and oxygen atoms in total. The summed E-state index contributed by atoms with van der Waals surface area (Å²) in [6.45, 7) is 4.44. The van der Waals surface area contributed by atoms with Crippen LogP contribution in [0.25, 0.3) is 0 Å². The lowest BCUT2D eigenvalue weighted by atomic mass is 9.38. The van der Waals surface area contributed by atoms with E-state index in [4.69, 9.17) is 0 Å². The van der Waals surface area contributed by atoms with Crippen LogP contribution in [0.4, 0.5) is 0 Å². The zero-order valence-corrected chi connectivity index (χ0v) is 16.7. The van der Waals surface area contributed by atoms with E-state index >= 15 is 0 Å². The summed E-state index contributed by atoms with van der Waals surface area (Å²) in [4.78, 5) is 13.7. The highest BCUT2D eigenvalue weighted by atomic mass is 16.2. The second kappa shape index (κ2) is 6.34. The molecule has 1 saturated heterocycles. The maximum Gasteiger partial charge on any atom is 0.226 e. The highest BCUT2D eigenvalue weighted by molar-refractivity contribution is 5.84. The van der Waals surface area contributed by atoms with Crippen LogP contribution in [0.3, 0.4) is 0 Å². The normalized spacial score (nSPS) is 40.9. The van der Waals surface area contributed by atoms with Gasteiger partial charge < -0.3 is 10.6 Å². The molecule has 4 aliphatic carbocycles. The van der Waals surface area contributed by atoms with Crippen LogP contribution in [0.1, 0.15) is 70.3 Å². The Balaban J connectivity index is 1.48. The van der Waals surface area contributed by atoms with Crippen LogP contribution in [-0.4, -0.2) is 25.0 Å². The number of hydrogen-bond acceptors (Lipinski definition) is 2. The molecule has 1 heterocycles. The highest BCUT2D eigenvalue weighted by Crippen LogP contribution is 2.71. The Morgan fingerprint density at radius 3 is 2.59 bits per heavy atom. The Bertz CT molecular complexity index is 712. The Morgan fingerprint density at radius 1 is 1.07 bits per heavy atom. The topological polar surface area (TPSA) is 41.1 Å². The van der Waals surface area contributed by atoms with Crippen molar-refractivity contribution in [2.75, 3.05) is 13.1 Å². The van der Waals surface area contributed by atoms with Gasteiger partial charge >= 0.3 is 0 Å². The van der Waals surface area contributed by atoms with Gasteiger partial charge in [0.25, 0.3) is 0 Å². The molecule has 6 rings (SSSR count). The Kier molecular flexibility index (Phi) is 4.16. The summed E-state index contributed by atoms with van der Waals surface area (Å²) < 4.78 is 0. The van der Waals surface area contributed by atoms with Crippen LogP contribution in [0.15, 0.2) is 30.3 Å². The van der Waals surface area contributed by atoms with E-state index in [1.54, 1.807) is 0 Å². The minimum atomic E-state index is -0.129. The molecule has 5 aliphatic rings. The second-order valence-corrected chi connectivity index (χ2v) is 10.3. The van der Waals surface area contributed by atoms with E-state index in [2.05, 4.69) is 47.9 Å². The predicted octanol–water partition coefficient (Wildman–Crippen LogP) is 4.17. The molecule has 1 aliphatic heterocycles. The van der Waals surface area contributed by atoms with E-state index in [0.717, 1.165) is 51.1 Å². The second-order valence-electron chi connectivity index (χ2n) is 10.3. The molecule has 1 amide bonds. The molecule has 4 bridgehead atoms. The first kappa shape index (κ1) is 17.7. The van der Waals surface area contributed by atoms with Crippen LogP contribution < -0.4 is 10.6 Å². The minimum Gasteiger partial charge on any atom is -0.353 e. The molecule has 2 N–H and O–H groups in total. The van der Waals surface area contributed by atoms with Gasteiger partial charge in [-0.25, -0.2) is 0 Å². The Morgan fingerprint density at radius 2 is 1.85 bits per heavy atom. The molecule has 2 unspecified atom stereocenters. The number of benzene rings is 1. The van der Waals surface area contributed by atoms with Gasteiger partial charge in [-0.2, -0.15) is 0 Å². The van der Waals surface area contributed by atoms with Crippen molar-refractivity contribution >= 4 is 5.91 Å². The molecule has 146 valence electrons. The van der Waals surface area contributed by atoms with Crippen LogP contribution in [0.5, 0.6) is 0 Å². The largest absolute Gasteiger partial charge is 0.353 e. The van der Waals surface area contributed by atoms with Gasteiger partial charge in [-0.15, -0.1) is 0 Å². The summed E-state index contributed by atoms with van der Waals surface area (Å²) >= 11 is 0. The zero-order valence-electron chi connectivity index (χ0n) is 16.7. The van der Waals surface area contributed by atoms with Crippen molar-refractivity contribution in [3.8, 4) is 0 Å². The predicted molar refractivity (Wildman–Crippen MR) is 109 cm³/mol. The first-order valence-electron chi connectivity index (χ1n) is 11.1. The molecular formula is C24H34N2O. The van der Waals surface area contributed by atoms with Crippen LogP contribution in [0, 0.1) is 16.7 Å². The molecular weight excluding hydrogens is 332 g/mol. The fourth-order valence-electron chi connectivity index (χ4n) is 7.70. The van der Waals surface area contributed by atoms with Gasteiger partial charge in [-0.1, -0.05) is 43.7 Å². The lowest BCUT2D eigenvalue weighted by Gasteiger charge is -2.66. The van der Waals surface area contributed by atoms with Gasteiger partial charge in [0.05, 0.1) is 5.41 Å². The maximum absolute atomic E-state index is 13.7. The molecule has 5 fully saturated rings.